The van der Waals surface area contributed by atoms with Gasteiger partial charge in [0.1, 0.15) is 0 Å². The monoisotopic (exact) mass is 381 g/mol. The Bertz CT molecular complexity index is 660. The van der Waals surface area contributed by atoms with Crippen LogP contribution in [0.5, 0.6) is 0 Å². The fourth-order valence-electron chi connectivity index (χ4n) is 3.28. The summed E-state index contributed by atoms with van der Waals surface area (Å²) in [5.41, 5.74) is 6.88. The molecule has 1 aromatic rings. The largest absolute Gasteiger partial charge is 0.346 e. The van der Waals surface area contributed by atoms with Crippen LogP contribution in [-0.2, 0) is 16.0 Å². The van der Waals surface area contributed by atoms with Crippen LogP contribution in [0.25, 0.3) is 0 Å². The van der Waals surface area contributed by atoms with Gasteiger partial charge in [0.15, 0.2) is 0 Å². The van der Waals surface area contributed by atoms with Crippen molar-refractivity contribution in [2.45, 2.75) is 45.6 Å². The topological polar surface area (TPSA) is 101 Å². The summed E-state index contributed by atoms with van der Waals surface area (Å²) < 4.78 is 0. The van der Waals surface area contributed by atoms with Gasteiger partial charge in [0, 0.05) is 24.1 Å². The highest BCUT2D eigenvalue weighted by atomic mass is 35.5. The van der Waals surface area contributed by atoms with Crippen LogP contribution >= 0.6 is 12.4 Å². The van der Waals surface area contributed by atoms with Gasteiger partial charge < -0.3 is 11.1 Å². The zero-order chi connectivity index (χ0) is 18.6. The van der Waals surface area contributed by atoms with E-state index in [1.54, 1.807) is 12.1 Å². The average Bonchev–Trinajstić information content (AvgIpc) is 2.84. The predicted molar refractivity (Wildman–Crippen MR) is 103 cm³/mol. The number of rotatable bonds is 7. The Morgan fingerprint density at radius 3 is 2.38 bits per heavy atom. The van der Waals surface area contributed by atoms with E-state index in [2.05, 4.69) is 24.5 Å². The molecule has 0 saturated carbocycles. The van der Waals surface area contributed by atoms with E-state index in [0.717, 1.165) is 12.0 Å². The number of benzene rings is 1. The van der Waals surface area contributed by atoms with Gasteiger partial charge in [0.05, 0.1) is 5.92 Å². The molecule has 144 valence electrons. The molecule has 0 bridgehead atoms. The van der Waals surface area contributed by atoms with E-state index in [-0.39, 0.29) is 42.5 Å². The van der Waals surface area contributed by atoms with Crippen LogP contribution in [0.15, 0.2) is 24.3 Å². The lowest BCUT2D eigenvalue weighted by atomic mass is 9.90. The maximum atomic E-state index is 12.5. The number of hydrogen-bond acceptors (Lipinski definition) is 4. The molecule has 2 unspecified atom stereocenters. The molecule has 3 amide bonds. The Labute approximate surface area is 160 Å². The van der Waals surface area contributed by atoms with Gasteiger partial charge >= 0.3 is 0 Å². The van der Waals surface area contributed by atoms with Crippen molar-refractivity contribution in [1.29, 1.82) is 0 Å². The zero-order valence-corrected chi connectivity index (χ0v) is 16.3. The molecule has 2 atom stereocenters. The molecular formula is C19H28ClN3O3. The highest BCUT2D eigenvalue weighted by Gasteiger charge is 2.30. The third kappa shape index (κ3) is 5.81. The van der Waals surface area contributed by atoms with E-state index < -0.39 is 5.54 Å². The first kappa shape index (κ1) is 22.1. The number of carbonyl (C=O) groups excluding carboxylic acids is 3. The van der Waals surface area contributed by atoms with Gasteiger partial charge in [0.2, 0.25) is 11.8 Å². The predicted octanol–water partition coefficient (Wildman–Crippen LogP) is 1.81. The highest BCUT2D eigenvalue weighted by Crippen LogP contribution is 2.19. The Kier molecular flexibility index (Phi) is 7.78. The van der Waals surface area contributed by atoms with Gasteiger partial charge in [-0.1, -0.05) is 26.0 Å². The van der Waals surface area contributed by atoms with Crippen molar-refractivity contribution in [2.24, 2.45) is 17.6 Å². The number of carbonyl (C=O) groups is 3. The van der Waals surface area contributed by atoms with Gasteiger partial charge in [-0.05, 0) is 43.4 Å². The van der Waals surface area contributed by atoms with E-state index in [9.17, 15) is 14.4 Å². The van der Waals surface area contributed by atoms with Gasteiger partial charge in [-0.3, -0.25) is 19.7 Å². The Morgan fingerprint density at radius 1 is 1.31 bits per heavy atom. The van der Waals surface area contributed by atoms with Crippen molar-refractivity contribution in [3.8, 4) is 0 Å². The van der Waals surface area contributed by atoms with Crippen molar-refractivity contribution in [3.63, 3.8) is 0 Å². The van der Waals surface area contributed by atoms with Crippen LogP contribution in [0, 0.1) is 11.8 Å². The average molecular weight is 382 g/mol. The first-order valence-corrected chi connectivity index (χ1v) is 8.67. The number of nitrogens with one attached hydrogen (secondary N) is 2. The lowest BCUT2D eigenvalue weighted by Gasteiger charge is -2.31. The van der Waals surface area contributed by atoms with E-state index in [1.165, 1.54) is 0 Å². The normalized spacial score (nSPS) is 18.9. The highest BCUT2D eigenvalue weighted by molar-refractivity contribution is 6.03. The van der Waals surface area contributed by atoms with Gasteiger partial charge in [0.25, 0.3) is 5.91 Å². The van der Waals surface area contributed by atoms with Crippen LogP contribution in [0.3, 0.4) is 0 Å². The molecule has 1 aliphatic rings. The van der Waals surface area contributed by atoms with Gasteiger partial charge in [-0.2, -0.15) is 0 Å². The maximum absolute atomic E-state index is 12.5. The van der Waals surface area contributed by atoms with Crippen molar-refractivity contribution in [1.82, 2.24) is 10.6 Å². The van der Waals surface area contributed by atoms with E-state index in [1.807, 2.05) is 19.1 Å². The molecule has 1 fully saturated rings. The minimum Gasteiger partial charge on any atom is -0.346 e. The third-order valence-corrected chi connectivity index (χ3v) is 4.49. The van der Waals surface area contributed by atoms with Crippen molar-refractivity contribution in [2.75, 3.05) is 6.54 Å². The molecule has 0 aliphatic carbocycles. The number of hydrogen-bond donors (Lipinski definition) is 3. The quantitative estimate of drug-likeness (QED) is 0.627. The van der Waals surface area contributed by atoms with Crippen LogP contribution < -0.4 is 16.4 Å². The van der Waals surface area contributed by atoms with E-state index >= 15 is 0 Å². The Hall–Kier alpha value is -1.92. The molecular weight excluding hydrogens is 354 g/mol. The van der Waals surface area contributed by atoms with Crippen LogP contribution in [0.1, 0.15) is 49.5 Å². The number of halogens is 1. The Morgan fingerprint density at radius 2 is 1.92 bits per heavy atom. The summed E-state index contributed by atoms with van der Waals surface area (Å²) >= 11 is 0. The molecule has 7 heteroatoms. The molecule has 6 nitrogen and oxygen atoms in total. The third-order valence-electron chi connectivity index (χ3n) is 4.49. The summed E-state index contributed by atoms with van der Waals surface area (Å²) in [6.07, 6.45) is 1.52. The molecule has 0 aromatic heterocycles. The second kappa shape index (κ2) is 9.14. The van der Waals surface area contributed by atoms with Crippen molar-refractivity contribution >= 4 is 30.1 Å². The molecule has 2 rings (SSSR count). The van der Waals surface area contributed by atoms with Crippen molar-refractivity contribution in [3.05, 3.63) is 35.4 Å². The summed E-state index contributed by atoms with van der Waals surface area (Å²) in [6, 6.07) is 7.14. The minimum atomic E-state index is -0.438. The molecule has 0 radical (unpaired) electrons. The first-order chi connectivity index (χ1) is 11.7. The van der Waals surface area contributed by atoms with Crippen molar-refractivity contribution < 1.29 is 14.4 Å². The minimum absolute atomic E-state index is 0. The van der Waals surface area contributed by atoms with Gasteiger partial charge in [-0.25, -0.2) is 0 Å². The maximum Gasteiger partial charge on any atom is 0.251 e. The molecule has 1 aromatic carbocycles. The smallest absolute Gasteiger partial charge is 0.251 e. The fraction of sp³-hybridized carbons (Fsp3) is 0.526. The number of imide groups is 1. The number of nitrogens with two attached hydrogens (primary N) is 1. The summed E-state index contributed by atoms with van der Waals surface area (Å²) in [7, 11) is 0. The van der Waals surface area contributed by atoms with E-state index in [0.29, 0.717) is 24.4 Å². The Balaban J connectivity index is 0.00000338. The molecule has 1 heterocycles. The molecule has 4 N–H and O–H groups in total. The lowest BCUT2D eigenvalue weighted by molar-refractivity contribution is -0.125. The second-order valence-electron chi connectivity index (χ2n) is 7.53. The summed E-state index contributed by atoms with van der Waals surface area (Å²) in [6.45, 7) is 6.52. The van der Waals surface area contributed by atoms with Crippen LogP contribution in [0.2, 0.25) is 0 Å². The fourth-order valence-corrected chi connectivity index (χ4v) is 3.28. The summed E-state index contributed by atoms with van der Waals surface area (Å²) in [5.74, 6) is -0.499. The van der Waals surface area contributed by atoms with Gasteiger partial charge in [-0.15, -0.1) is 12.4 Å². The standard InChI is InChI=1S/C19H27N3O3.ClH/c1-12(2)10-19(3,11-20)22-18(25)14-6-4-13(5-7-14)8-15-9-16(23)21-17(15)24;/h4-7,12,15H,8-11,20H2,1-3H3,(H,22,25)(H,21,23,24);1H. The lowest BCUT2D eigenvalue weighted by Crippen LogP contribution is -2.52. The summed E-state index contributed by atoms with van der Waals surface area (Å²) in [5, 5.41) is 5.33. The van der Waals surface area contributed by atoms with Crippen LogP contribution in [-0.4, -0.2) is 29.8 Å². The molecule has 1 saturated heterocycles. The van der Waals surface area contributed by atoms with E-state index in [4.69, 9.17) is 5.73 Å². The molecule has 26 heavy (non-hydrogen) atoms. The second-order valence-corrected chi connectivity index (χ2v) is 7.53. The molecule has 0 spiro atoms. The summed E-state index contributed by atoms with van der Waals surface area (Å²) in [4.78, 5) is 35.4. The first-order valence-electron chi connectivity index (χ1n) is 8.67. The number of amides is 3. The SMILES string of the molecule is CC(C)CC(C)(CN)NC(=O)c1ccc(CC2CC(=O)NC2=O)cc1.Cl. The molecule has 1 aliphatic heterocycles. The van der Waals surface area contributed by atoms with Crippen LogP contribution in [0.4, 0.5) is 0 Å². The zero-order valence-electron chi connectivity index (χ0n) is 15.5.